The van der Waals surface area contributed by atoms with Crippen molar-refractivity contribution in [1.82, 2.24) is 10.2 Å². The smallest absolute Gasteiger partial charge is 0.323 e. The molecule has 0 radical (unpaired) electrons. The first-order chi connectivity index (χ1) is 8.04. The molecular weight excluding hydrogens is 220 g/mol. The zero-order chi connectivity index (χ0) is 13.3. The molecule has 0 saturated heterocycles. The van der Waals surface area contributed by atoms with Crippen molar-refractivity contribution in [2.75, 3.05) is 13.1 Å². The van der Waals surface area contributed by atoms with E-state index in [0.717, 1.165) is 24.2 Å². The standard InChI is InChI=1S/C12H20N2O3/c1-4-7-10(6-3)13-12(17)14(8-5-2)9-11(15)16/h2,10H,4,6-9H2,1,3H3,(H,13,17)(H,15,16). The van der Waals surface area contributed by atoms with Crippen LogP contribution in [-0.4, -0.2) is 41.1 Å². The number of carboxylic acids is 1. The normalized spacial score (nSPS) is 11.4. The highest BCUT2D eigenvalue weighted by Gasteiger charge is 2.18. The van der Waals surface area contributed by atoms with Crippen LogP contribution in [0, 0.1) is 12.3 Å². The highest BCUT2D eigenvalue weighted by Crippen LogP contribution is 2.02. The molecule has 0 aliphatic heterocycles. The molecule has 1 unspecified atom stereocenters. The molecule has 0 spiro atoms. The van der Waals surface area contributed by atoms with E-state index in [-0.39, 0.29) is 19.1 Å². The molecule has 17 heavy (non-hydrogen) atoms. The molecule has 0 saturated carbocycles. The Morgan fingerprint density at radius 1 is 1.47 bits per heavy atom. The minimum Gasteiger partial charge on any atom is -0.480 e. The zero-order valence-corrected chi connectivity index (χ0v) is 10.4. The lowest BCUT2D eigenvalue weighted by Crippen LogP contribution is -2.46. The molecular formula is C12H20N2O3. The summed E-state index contributed by atoms with van der Waals surface area (Å²) in [5.41, 5.74) is 0. The molecule has 0 aromatic rings. The highest BCUT2D eigenvalue weighted by molar-refractivity contribution is 5.80. The molecule has 0 aliphatic rings. The van der Waals surface area contributed by atoms with Crippen molar-refractivity contribution >= 4 is 12.0 Å². The van der Waals surface area contributed by atoms with E-state index < -0.39 is 12.0 Å². The largest absolute Gasteiger partial charge is 0.480 e. The second kappa shape index (κ2) is 8.45. The van der Waals surface area contributed by atoms with Crippen LogP contribution in [0.15, 0.2) is 0 Å². The lowest BCUT2D eigenvalue weighted by molar-refractivity contribution is -0.137. The fourth-order valence-corrected chi connectivity index (χ4v) is 1.47. The molecule has 96 valence electrons. The van der Waals surface area contributed by atoms with Gasteiger partial charge in [0, 0.05) is 6.04 Å². The number of hydrogen-bond donors (Lipinski definition) is 2. The second-order valence-corrected chi connectivity index (χ2v) is 3.80. The van der Waals surface area contributed by atoms with Crippen LogP contribution in [0.5, 0.6) is 0 Å². The Balaban J connectivity index is 4.39. The summed E-state index contributed by atoms with van der Waals surface area (Å²) in [6.07, 6.45) is 7.76. The minimum absolute atomic E-state index is 0.000687. The predicted octanol–water partition coefficient (Wildman–Crippen LogP) is 1.29. The summed E-state index contributed by atoms with van der Waals surface area (Å²) in [6, 6.07) is -0.341. The Morgan fingerprint density at radius 3 is 2.53 bits per heavy atom. The molecule has 5 nitrogen and oxygen atoms in total. The van der Waals surface area contributed by atoms with Crippen LogP contribution in [0.4, 0.5) is 4.79 Å². The van der Waals surface area contributed by atoms with Crippen molar-refractivity contribution in [1.29, 1.82) is 0 Å². The molecule has 2 amide bonds. The van der Waals surface area contributed by atoms with Gasteiger partial charge in [-0.2, -0.15) is 0 Å². The Kier molecular flexibility index (Phi) is 7.61. The van der Waals surface area contributed by atoms with Crippen molar-refractivity contribution in [2.45, 2.75) is 39.2 Å². The van der Waals surface area contributed by atoms with Crippen LogP contribution >= 0.6 is 0 Å². The number of carbonyl (C=O) groups is 2. The van der Waals surface area contributed by atoms with Gasteiger partial charge in [0.1, 0.15) is 6.54 Å². The van der Waals surface area contributed by atoms with Crippen molar-refractivity contribution in [3.05, 3.63) is 0 Å². The van der Waals surface area contributed by atoms with E-state index in [4.69, 9.17) is 11.5 Å². The topological polar surface area (TPSA) is 69.6 Å². The first kappa shape index (κ1) is 15.3. The summed E-state index contributed by atoms with van der Waals surface area (Å²) < 4.78 is 0. The second-order valence-electron chi connectivity index (χ2n) is 3.80. The zero-order valence-electron chi connectivity index (χ0n) is 10.4. The average molecular weight is 240 g/mol. The van der Waals surface area contributed by atoms with Gasteiger partial charge >= 0.3 is 12.0 Å². The fraction of sp³-hybridized carbons (Fsp3) is 0.667. The monoisotopic (exact) mass is 240 g/mol. The van der Waals surface area contributed by atoms with Gasteiger partial charge in [-0.15, -0.1) is 6.42 Å². The molecule has 0 heterocycles. The molecule has 0 bridgehead atoms. The number of aliphatic carboxylic acids is 1. The average Bonchev–Trinajstić information content (AvgIpc) is 2.27. The maximum Gasteiger partial charge on any atom is 0.323 e. The van der Waals surface area contributed by atoms with Crippen LogP contribution < -0.4 is 5.32 Å². The van der Waals surface area contributed by atoms with E-state index >= 15 is 0 Å². The van der Waals surface area contributed by atoms with Crippen molar-refractivity contribution in [2.24, 2.45) is 0 Å². The van der Waals surface area contributed by atoms with Crippen LogP contribution in [0.3, 0.4) is 0 Å². The van der Waals surface area contributed by atoms with E-state index in [1.807, 2.05) is 13.8 Å². The molecule has 0 fully saturated rings. The van der Waals surface area contributed by atoms with Gasteiger partial charge in [-0.25, -0.2) is 4.79 Å². The lowest BCUT2D eigenvalue weighted by atomic mass is 10.1. The number of nitrogens with zero attached hydrogens (tertiary/aromatic N) is 1. The van der Waals surface area contributed by atoms with Crippen LogP contribution in [0.1, 0.15) is 33.1 Å². The Hall–Kier alpha value is -1.70. The summed E-state index contributed by atoms with van der Waals surface area (Å²) in [5, 5.41) is 11.4. The number of rotatable bonds is 7. The third kappa shape index (κ3) is 6.46. The first-order valence-corrected chi connectivity index (χ1v) is 5.75. The number of carboxylic acid groups (broad SMARTS) is 1. The van der Waals surface area contributed by atoms with Gasteiger partial charge in [-0.3, -0.25) is 4.79 Å². The third-order valence-corrected chi connectivity index (χ3v) is 2.35. The Labute approximate surface area is 102 Å². The molecule has 0 rings (SSSR count). The molecule has 0 aliphatic carbocycles. The Morgan fingerprint density at radius 2 is 2.12 bits per heavy atom. The van der Waals surface area contributed by atoms with Gasteiger partial charge in [0.2, 0.25) is 0 Å². The maximum atomic E-state index is 11.8. The van der Waals surface area contributed by atoms with E-state index in [1.165, 1.54) is 0 Å². The van der Waals surface area contributed by atoms with Gasteiger partial charge in [0.25, 0.3) is 0 Å². The van der Waals surface area contributed by atoms with Crippen LogP contribution in [0.2, 0.25) is 0 Å². The van der Waals surface area contributed by atoms with E-state index in [9.17, 15) is 9.59 Å². The minimum atomic E-state index is -1.07. The van der Waals surface area contributed by atoms with Crippen molar-refractivity contribution in [3.63, 3.8) is 0 Å². The first-order valence-electron chi connectivity index (χ1n) is 5.75. The third-order valence-electron chi connectivity index (χ3n) is 2.35. The van der Waals surface area contributed by atoms with Crippen LogP contribution in [0.25, 0.3) is 0 Å². The SMILES string of the molecule is C#CCN(CC(=O)O)C(=O)NC(CC)CCC. The number of carbonyl (C=O) groups excluding carboxylic acids is 1. The molecule has 0 aromatic heterocycles. The number of terminal acetylenes is 1. The Bertz CT molecular complexity index is 297. The van der Waals surface area contributed by atoms with Gasteiger partial charge < -0.3 is 15.3 Å². The molecule has 5 heteroatoms. The maximum absolute atomic E-state index is 11.8. The summed E-state index contributed by atoms with van der Waals surface area (Å²) in [6.45, 7) is 3.63. The number of urea groups is 1. The molecule has 1 atom stereocenters. The van der Waals surface area contributed by atoms with Gasteiger partial charge in [0.05, 0.1) is 6.54 Å². The van der Waals surface area contributed by atoms with Gasteiger partial charge in [-0.1, -0.05) is 26.2 Å². The summed E-state index contributed by atoms with van der Waals surface area (Å²) in [4.78, 5) is 23.5. The molecule has 2 N–H and O–H groups in total. The number of hydrogen-bond acceptors (Lipinski definition) is 2. The molecule has 0 aromatic carbocycles. The highest BCUT2D eigenvalue weighted by atomic mass is 16.4. The summed E-state index contributed by atoms with van der Waals surface area (Å²) >= 11 is 0. The van der Waals surface area contributed by atoms with Gasteiger partial charge in [-0.05, 0) is 12.8 Å². The van der Waals surface area contributed by atoms with Crippen molar-refractivity contribution < 1.29 is 14.7 Å². The van der Waals surface area contributed by atoms with E-state index in [2.05, 4.69) is 11.2 Å². The van der Waals surface area contributed by atoms with E-state index in [1.54, 1.807) is 0 Å². The quantitative estimate of drug-likeness (QED) is 0.659. The summed E-state index contributed by atoms with van der Waals surface area (Å²) in [7, 11) is 0. The van der Waals surface area contributed by atoms with Crippen LogP contribution in [-0.2, 0) is 4.79 Å². The van der Waals surface area contributed by atoms with Crippen molar-refractivity contribution in [3.8, 4) is 12.3 Å². The predicted molar refractivity (Wildman–Crippen MR) is 65.6 cm³/mol. The number of amides is 2. The lowest BCUT2D eigenvalue weighted by Gasteiger charge is -2.23. The van der Waals surface area contributed by atoms with E-state index in [0.29, 0.717) is 0 Å². The summed E-state index contributed by atoms with van der Waals surface area (Å²) in [5.74, 6) is 1.21. The number of nitrogens with one attached hydrogen (secondary N) is 1. The van der Waals surface area contributed by atoms with Gasteiger partial charge in [0.15, 0.2) is 0 Å². The fourth-order valence-electron chi connectivity index (χ4n) is 1.47.